The van der Waals surface area contributed by atoms with E-state index in [9.17, 15) is 0 Å². The highest BCUT2D eigenvalue weighted by Crippen LogP contribution is 2.84. The average Bonchev–Trinajstić information content (AvgIpc) is 2.78. The van der Waals surface area contributed by atoms with Gasteiger partial charge in [-0.15, -0.1) is 0 Å². The smallest absolute Gasteiger partial charge is 0.0178 e. The lowest BCUT2D eigenvalue weighted by Gasteiger charge is -2.33. The summed E-state index contributed by atoms with van der Waals surface area (Å²) in [5.41, 5.74) is 0. The van der Waals surface area contributed by atoms with Gasteiger partial charge in [-0.25, -0.2) is 0 Å². The standard InChI is InChI=1S/C11H12I2/c12-10-6-2-1-3-5(6)9-8(10)4(2)7(3)11(9)13/h2-11H,1H2/t2-,3+,4-,5+,6-,7+,8-,9-,10+,11-/m1/s1. The molecule has 0 spiro atoms. The highest BCUT2D eigenvalue weighted by Gasteiger charge is 2.82. The summed E-state index contributed by atoms with van der Waals surface area (Å²) in [7, 11) is 0. The summed E-state index contributed by atoms with van der Waals surface area (Å²) >= 11 is 5.61. The first kappa shape index (κ1) is 7.69. The number of alkyl halides is 2. The van der Waals surface area contributed by atoms with E-state index in [1.54, 1.807) is 6.42 Å². The summed E-state index contributed by atoms with van der Waals surface area (Å²) in [5, 5.41) is 0. The fraction of sp³-hybridized carbons (Fsp3) is 1.00. The van der Waals surface area contributed by atoms with Crippen molar-refractivity contribution in [2.45, 2.75) is 14.3 Å². The third-order valence-corrected chi connectivity index (χ3v) is 9.54. The Balaban J connectivity index is 1.86. The molecule has 10 atom stereocenters. The number of hydrogen-bond donors (Lipinski definition) is 0. The Bertz CT molecular complexity index is 281. The van der Waals surface area contributed by atoms with Crippen LogP contribution in [-0.2, 0) is 0 Å². The Morgan fingerprint density at radius 2 is 1.08 bits per heavy atom. The summed E-state index contributed by atoms with van der Waals surface area (Å²) in [6.07, 6.45) is 1.65. The number of hydrogen-bond acceptors (Lipinski definition) is 0. The molecule has 0 nitrogen and oxygen atoms in total. The van der Waals surface area contributed by atoms with Gasteiger partial charge in [-0.05, 0) is 53.8 Å². The zero-order valence-corrected chi connectivity index (χ0v) is 11.6. The molecule has 0 aliphatic heterocycles. The van der Waals surface area contributed by atoms with E-state index in [2.05, 4.69) is 45.2 Å². The second-order valence-corrected chi connectivity index (χ2v) is 8.79. The number of rotatable bonds is 0. The molecule has 6 aliphatic rings. The highest BCUT2D eigenvalue weighted by molar-refractivity contribution is 14.1. The molecular weight excluding hydrogens is 386 g/mol. The van der Waals surface area contributed by atoms with E-state index in [0.29, 0.717) is 0 Å². The maximum atomic E-state index is 2.81. The molecule has 0 amide bonds. The van der Waals surface area contributed by atoms with Crippen LogP contribution in [0.25, 0.3) is 0 Å². The molecule has 0 unspecified atom stereocenters. The van der Waals surface area contributed by atoms with Gasteiger partial charge < -0.3 is 0 Å². The zero-order chi connectivity index (χ0) is 8.48. The van der Waals surface area contributed by atoms with Gasteiger partial charge in [-0.3, -0.25) is 0 Å². The second-order valence-electron chi connectivity index (χ2n) is 5.92. The molecule has 2 heteroatoms. The minimum Gasteiger partial charge on any atom is -0.0820 e. The van der Waals surface area contributed by atoms with Gasteiger partial charge in [-0.1, -0.05) is 45.2 Å². The Hall–Kier alpha value is 1.46. The molecule has 0 N–H and O–H groups in total. The van der Waals surface area contributed by atoms with Crippen molar-refractivity contribution in [3.63, 3.8) is 0 Å². The first-order valence-electron chi connectivity index (χ1n) is 5.59. The molecule has 0 aromatic heterocycles. The topological polar surface area (TPSA) is 0 Å². The molecule has 0 radical (unpaired) electrons. The van der Waals surface area contributed by atoms with Gasteiger partial charge in [-0.2, -0.15) is 0 Å². The van der Waals surface area contributed by atoms with Crippen LogP contribution in [0, 0.1) is 47.3 Å². The van der Waals surface area contributed by atoms with Crippen LogP contribution in [0.4, 0.5) is 0 Å². The van der Waals surface area contributed by atoms with Crippen LogP contribution < -0.4 is 0 Å². The molecule has 0 saturated heterocycles. The molecular formula is C11H12I2. The largest absolute Gasteiger partial charge is 0.0820 e. The minimum atomic E-state index is 1.09. The highest BCUT2D eigenvalue weighted by atomic mass is 127. The first-order valence-corrected chi connectivity index (χ1v) is 8.08. The molecule has 0 aromatic carbocycles. The Labute approximate surface area is 106 Å². The van der Waals surface area contributed by atoms with Crippen molar-refractivity contribution in [2.75, 3.05) is 0 Å². The summed E-state index contributed by atoms with van der Waals surface area (Å²) in [6.45, 7) is 0. The average molecular weight is 398 g/mol. The van der Waals surface area contributed by atoms with E-state index in [4.69, 9.17) is 0 Å². The normalized spacial score (nSPS) is 85.4. The van der Waals surface area contributed by atoms with Crippen LogP contribution in [-0.4, -0.2) is 7.85 Å². The summed E-state index contributed by atoms with van der Waals surface area (Å²) in [5.74, 6) is 9.62. The quantitative estimate of drug-likeness (QED) is 0.435. The van der Waals surface area contributed by atoms with E-state index in [1.165, 1.54) is 47.3 Å². The molecule has 6 rings (SSSR count). The van der Waals surface area contributed by atoms with Crippen LogP contribution in [0.3, 0.4) is 0 Å². The third kappa shape index (κ3) is 0.535. The van der Waals surface area contributed by atoms with Crippen LogP contribution in [0.5, 0.6) is 0 Å². The van der Waals surface area contributed by atoms with Gasteiger partial charge in [0.15, 0.2) is 0 Å². The lowest BCUT2D eigenvalue weighted by Crippen LogP contribution is -2.30. The second kappa shape index (κ2) is 1.98. The maximum absolute atomic E-state index is 2.81. The molecule has 6 fully saturated rings. The molecule has 6 aliphatic carbocycles. The Morgan fingerprint density at radius 3 is 1.54 bits per heavy atom. The van der Waals surface area contributed by atoms with Crippen molar-refractivity contribution in [1.29, 1.82) is 0 Å². The monoisotopic (exact) mass is 398 g/mol. The molecule has 0 heterocycles. The van der Waals surface area contributed by atoms with Crippen LogP contribution in [0.15, 0.2) is 0 Å². The Morgan fingerprint density at radius 1 is 0.615 bits per heavy atom. The summed E-state index contributed by atoms with van der Waals surface area (Å²) in [6, 6.07) is 0. The van der Waals surface area contributed by atoms with E-state index in [0.717, 1.165) is 7.85 Å². The van der Waals surface area contributed by atoms with Crippen molar-refractivity contribution in [1.82, 2.24) is 0 Å². The maximum Gasteiger partial charge on any atom is 0.0178 e. The lowest BCUT2D eigenvalue weighted by atomic mass is 9.71. The van der Waals surface area contributed by atoms with Crippen LogP contribution in [0.2, 0.25) is 0 Å². The van der Waals surface area contributed by atoms with Gasteiger partial charge in [0.05, 0.1) is 0 Å². The molecule has 6 bridgehead atoms. The van der Waals surface area contributed by atoms with Crippen molar-refractivity contribution >= 4 is 45.2 Å². The summed E-state index contributed by atoms with van der Waals surface area (Å²) in [4.78, 5) is 0. The van der Waals surface area contributed by atoms with Crippen molar-refractivity contribution in [3.05, 3.63) is 0 Å². The minimum absolute atomic E-state index is 1.09. The van der Waals surface area contributed by atoms with E-state index >= 15 is 0 Å². The van der Waals surface area contributed by atoms with Gasteiger partial charge in [0.1, 0.15) is 0 Å². The molecule has 13 heavy (non-hydrogen) atoms. The Kier molecular flexibility index (Phi) is 1.17. The van der Waals surface area contributed by atoms with Crippen molar-refractivity contribution in [2.24, 2.45) is 47.3 Å². The van der Waals surface area contributed by atoms with Crippen LogP contribution in [0.1, 0.15) is 6.42 Å². The van der Waals surface area contributed by atoms with Gasteiger partial charge >= 0.3 is 0 Å². The fourth-order valence-corrected chi connectivity index (χ4v) is 10.4. The molecule has 0 aromatic rings. The van der Waals surface area contributed by atoms with Crippen molar-refractivity contribution in [3.8, 4) is 0 Å². The SMILES string of the molecule is I[C@@H]1[C@H]2[C@@H]3[C@H](I)[C@H]4[C@H]5C[C@H]([C@@H]24)[C@@H]1[C@H]53. The first-order chi connectivity index (χ1) is 6.30. The lowest BCUT2D eigenvalue weighted by molar-refractivity contribution is 0.132. The van der Waals surface area contributed by atoms with Crippen LogP contribution >= 0.6 is 45.2 Å². The predicted molar refractivity (Wildman–Crippen MR) is 68.2 cm³/mol. The predicted octanol–water partition coefficient (Wildman–Crippen LogP) is 2.98. The number of halogens is 2. The summed E-state index contributed by atoms with van der Waals surface area (Å²) < 4.78 is 2.19. The van der Waals surface area contributed by atoms with Crippen molar-refractivity contribution < 1.29 is 0 Å². The van der Waals surface area contributed by atoms with E-state index < -0.39 is 0 Å². The third-order valence-electron chi connectivity index (χ3n) is 6.21. The van der Waals surface area contributed by atoms with Gasteiger partial charge in [0.2, 0.25) is 0 Å². The fourth-order valence-electron chi connectivity index (χ4n) is 6.45. The van der Waals surface area contributed by atoms with E-state index in [1.807, 2.05) is 0 Å². The van der Waals surface area contributed by atoms with Gasteiger partial charge in [0.25, 0.3) is 0 Å². The molecule has 70 valence electrons. The molecule has 6 saturated carbocycles. The zero-order valence-electron chi connectivity index (χ0n) is 7.24. The van der Waals surface area contributed by atoms with E-state index in [-0.39, 0.29) is 0 Å². The van der Waals surface area contributed by atoms with Gasteiger partial charge in [0, 0.05) is 7.85 Å².